The van der Waals surface area contributed by atoms with Crippen LogP contribution in [0.4, 0.5) is 0 Å². The summed E-state index contributed by atoms with van der Waals surface area (Å²) >= 11 is 0. The molecular formula is C22H34O2. The smallest absolute Gasteiger partial charge is 0.303 e. The number of aliphatic carboxylic acids is 1. The van der Waals surface area contributed by atoms with Crippen LogP contribution in [-0.4, -0.2) is 11.1 Å². The van der Waals surface area contributed by atoms with Crippen LogP contribution in [0, 0.1) is 0 Å². The molecule has 24 heavy (non-hydrogen) atoms. The number of hydrogen-bond donors (Lipinski definition) is 1. The van der Waals surface area contributed by atoms with Gasteiger partial charge in [0.1, 0.15) is 0 Å². The fraction of sp³-hybridized carbons (Fsp3) is 0.500. The SMILES string of the molecule is CCCCC/C=C/C/C=C/C/C=C\C/C=C\C/C=C/CCC(=O)O. The van der Waals surface area contributed by atoms with Gasteiger partial charge < -0.3 is 5.11 Å². The number of carboxylic acid groups (broad SMARTS) is 1. The predicted octanol–water partition coefficient (Wildman–Crippen LogP) is 6.77. The molecule has 0 unspecified atom stereocenters. The molecule has 0 bridgehead atoms. The fourth-order valence-corrected chi connectivity index (χ4v) is 2.04. The zero-order chi connectivity index (χ0) is 17.7. The van der Waals surface area contributed by atoms with E-state index in [1.807, 2.05) is 12.2 Å². The van der Waals surface area contributed by atoms with E-state index in [4.69, 9.17) is 5.11 Å². The summed E-state index contributed by atoms with van der Waals surface area (Å²) in [6.07, 6.45) is 31.4. The third-order valence-corrected chi connectivity index (χ3v) is 3.42. The van der Waals surface area contributed by atoms with Crippen molar-refractivity contribution in [3.63, 3.8) is 0 Å². The molecule has 0 saturated carbocycles. The molecule has 0 radical (unpaired) electrons. The van der Waals surface area contributed by atoms with E-state index in [0.717, 1.165) is 25.7 Å². The van der Waals surface area contributed by atoms with Crippen LogP contribution >= 0.6 is 0 Å². The highest BCUT2D eigenvalue weighted by Crippen LogP contribution is 2.01. The van der Waals surface area contributed by atoms with Crippen molar-refractivity contribution in [1.82, 2.24) is 0 Å². The predicted molar refractivity (Wildman–Crippen MR) is 105 cm³/mol. The molecule has 0 aromatic heterocycles. The molecule has 0 amide bonds. The van der Waals surface area contributed by atoms with Gasteiger partial charge in [0, 0.05) is 6.42 Å². The summed E-state index contributed by atoms with van der Waals surface area (Å²) < 4.78 is 0. The van der Waals surface area contributed by atoms with E-state index in [9.17, 15) is 4.79 Å². The first-order valence-corrected chi connectivity index (χ1v) is 9.24. The van der Waals surface area contributed by atoms with Gasteiger partial charge in [0.15, 0.2) is 0 Å². The van der Waals surface area contributed by atoms with Crippen molar-refractivity contribution in [3.05, 3.63) is 60.8 Å². The average molecular weight is 331 g/mol. The van der Waals surface area contributed by atoms with Crippen molar-refractivity contribution in [3.8, 4) is 0 Å². The maximum Gasteiger partial charge on any atom is 0.303 e. The molecule has 0 rings (SSSR count). The lowest BCUT2D eigenvalue weighted by atomic mass is 10.2. The molecule has 0 aromatic rings. The third-order valence-electron chi connectivity index (χ3n) is 3.42. The molecule has 2 nitrogen and oxygen atoms in total. The van der Waals surface area contributed by atoms with Crippen LogP contribution in [0.25, 0.3) is 0 Å². The molecular weight excluding hydrogens is 296 g/mol. The zero-order valence-corrected chi connectivity index (χ0v) is 15.2. The van der Waals surface area contributed by atoms with Gasteiger partial charge in [-0.25, -0.2) is 0 Å². The van der Waals surface area contributed by atoms with E-state index in [2.05, 4.69) is 55.5 Å². The normalized spacial score (nSPS) is 12.7. The Morgan fingerprint density at radius 3 is 1.50 bits per heavy atom. The van der Waals surface area contributed by atoms with Gasteiger partial charge in [-0.3, -0.25) is 4.79 Å². The van der Waals surface area contributed by atoms with E-state index in [0.29, 0.717) is 6.42 Å². The highest BCUT2D eigenvalue weighted by atomic mass is 16.4. The third kappa shape index (κ3) is 20.2. The van der Waals surface area contributed by atoms with Gasteiger partial charge in [-0.2, -0.15) is 0 Å². The van der Waals surface area contributed by atoms with E-state index in [1.165, 1.54) is 25.7 Å². The average Bonchev–Trinajstić information content (AvgIpc) is 2.56. The highest BCUT2D eigenvalue weighted by molar-refractivity contribution is 5.66. The number of carbonyl (C=O) groups is 1. The zero-order valence-electron chi connectivity index (χ0n) is 15.2. The second-order valence-electron chi connectivity index (χ2n) is 5.73. The Morgan fingerprint density at radius 2 is 1.08 bits per heavy atom. The Morgan fingerprint density at radius 1 is 0.667 bits per heavy atom. The van der Waals surface area contributed by atoms with Gasteiger partial charge in [-0.05, 0) is 44.9 Å². The summed E-state index contributed by atoms with van der Waals surface area (Å²) in [5.74, 6) is -0.739. The van der Waals surface area contributed by atoms with Crippen LogP contribution in [0.15, 0.2) is 60.8 Å². The minimum Gasteiger partial charge on any atom is -0.481 e. The largest absolute Gasteiger partial charge is 0.481 e. The lowest BCUT2D eigenvalue weighted by Gasteiger charge is -1.90. The minimum absolute atomic E-state index is 0.213. The Labute approximate surface area is 148 Å². The van der Waals surface area contributed by atoms with Crippen molar-refractivity contribution in [2.45, 2.75) is 71.1 Å². The second kappa shape index (κ2) is 19.2. The fourth-order valence-electron chi connectivity index (χ4n) is 2.04. The minimum atomic E-state index is -0.739. The summed E-state index contributed by atoms with van der Waals surface area (Å²) in [5, 5.41) is 8.49. The van der Waals surface area contributed by atoms with E-state index >= 15 is 0 Å². The van der Waals surface area contributed by atoms with Crippen LogP contribution in [0.1, 0.15) is 71.1 Å². The first kappa shape index (κ1) is 22.2. The van der Waals surface area contributed by atoms with Gasteiger partial charge in [0.2, 0.25) is 0 Å². The van der Waals surface area contributed by atoms with Gasteiger partial charge in [-0.15, -0.1) is 0 Å². The van der Waals surface area contributed by atoms with Gasteiger partial charge in [-0.1, -0.05) is 80.5 Å². The monoisotopic (exact) mass is 330 g/mol. The number of rotatable bonds is 15. The summed E-state index contributed by atoms with van der Waals surface area (Å²) in [6.45, 7) is 2.23. The van der Waals surface area contributed by atoms with Crippen LogP contribution in [0.2, 0.25) is 0 Å². The molecule has 0 spiro atoms. The molecule has 0 atom stereocenters. The van der Waals surface area contributed by atoms with Crippen molar-refractivity contribution in [2.75, 3.05) is 0 Å². The van der Waals surface area contributed by atoms with Crippen LogP contribution in [0.5, 0.6) is 0 Å². The van der Waals surface area contributed by atoms with Crippen molar-refractivity contribution < 1.29 is 9.90 Å². The molecule has 0 saturated heterocycles. The van der Waals surface area contributed by atoms with Gasteiger partial charge >= 0.3 is 5.97 Å². The second-order valence-corrected chi connectivity index (χ2v) is 5.73. The number of hydrogen-bond acceptors (Lipinski definition) is 1. The van der Waals surface area contributed by atoms with Crippen molar-refractivity contribution >= 4 is 5.97 Å². The standard InChI is InChI=1S/C22H34O2/c1-2-3-4-5-6-7-8-9-10-11-12-13-14-15-16-17-18-19-20-21-22(23)24/h6-7,9-10,12-13,15-16,18-19H,2-5,8,11,14,17,20-21H2,1H3,(H,23,24)/b7-6+,10-9+,13-12-,16-15-,19-18+. The maximum absolute atomic E-state index is 10.3. The first-order chi connectivity index (χ1) is 11.8. The Bertz CT molecular complexity index is 425. The van der Waals surface area contributed by atoms with E-state index < -0.39 is 5.97 Å². The Balaban J connectivity index is 3.46. The lowest BCUT2D eigenvalue weighted by molar-refractivity contribution is -0.136. The van der Waals surface area contributed by atoms with Gasteiger partial charge in [0.25, 0.3) is 0 Å². The summed E-state index contributed by atoms with van der Waals surface area (Å²) in [4.78, 5) is 10.3. The number of unbranched alkanes of at least 4 members (excludes halogenated alkanes) is 3. The molecule has 0 aliphatic heterocycles. The van der Waals surface area contributed by atoms with Crippen LogP contribution in [-0.2, 0) is 4.79 Å². The molecule has 0 aliphatic carbocycles. The highest BCUT2D eigenvalue weighted by Gasteiger charge is 1.90. The lowest BCUT2D eigenvalue weighted by Crippen LogP contribution is -1.91. The first-order valence-electron chi connectivity index (χ1n) is 9.24. The summed E-state index contributed by atoms with van der Waals surface area (Å²) in [5.41, 5.74) is 0. The van der Waals surface area contributed by atoms with Crippen molar-refractivity contribution in [1.29, 1.82) is 0 Å². The Kier molecular flexibility index (Phi) is 17.8. The molecule has 1 N–H and O–H groups in total. The number of allylic oxidation sites excluding steroid dienone is 10. The maximum atomic E-state index is 10.3. The van der Waals surface area contributed by atoms with Crippen LogP contribution in [0.3, 0.4) is 0 Å². The van der Waals surface area contributed by atoms with Gasteiger partial charge in [0.05, 0.1) is 0 Å². The number of carboxylic acids is 1. The molecule has 0 aromatic carbocycles. The van der Waals surface area contributed by atoms with Crippen molar-refractivity contribution in [2.24, 2.45) is 0 Å². The van der Waals surface area contributed by atoms with Crippen LogP contribution < -0.4 is 0 Å². The summed E-state index contributed by atoms with van der Waals surface area (Å²) in [6, 6.07) is 0. The molecule has 0 aliphatic rings. The van der Waals surface area contributed by atoms with E-state index in [1.54, 1.807) is 0 Å². The molecule has 0 heterocycles. The van der Waals surface area contributed by atoms with E-state index in [-0.39, 0.29) is 6.42 Å². The Hall–Kier alpha value is -1.83. The molecule has 0 fully saturated rings. The molecule has 134 valence electrons. The quantitative estimate of drug-likeness (QED) is 0.265. The summed E-state index contributed by atoms with van der Waals surface area (Å²) in [7, 11) is 0. The topological polar surface area (TPSA) is 37.3 Å². The molecule has 2 heteroatoms.